The normalized spacial score (nSPS) is 11.3. The van der Waals surface area contributed by atoms with Crippen LogP contribution in [0.2, 0.25) is 0 Å². The van der Waals surface area contributed by atoms with E-state index in [9.17, 15) is 8.42 Å². The first-order valence-corrected chi connectivity index (χ1v) is 12.4. The molecule has 11 heteroatoms. The van der Waals surface area contributed by atoms with Crippen LogP contribution in [-0.4, -0.2) is 53.0 Å². The summed E-state index contributed by atoms with van der Waals surface area (Å²) in [6.07, 6.45) is 4.37. The van der Waals surface area contributed by atoms with Gasteiger partial charge < -0.3 is 23.9 Å². The average molecular weight is 499 g/mol. The number of hydrogen-bond acceptors (Lipinski definition) is 9. The van der Waals surface area contributed by atoms with E-state index in [1.807, 2.05) is 12.1 Å². The van der Waals surface area contributed by atoms with Crippen LogP contribution in [0.15, 0.2) is 53.2 Å². The lowest BCUT2D eigenvalue weighted by Crippen LogP contribution is -2.27. The number of ether oxygens (including phenoxy) is 3. The highest BCUT2D eigenvalue weighted by Gasteiger charge is 2.19. The molecule has 4 rings (SSSR count). The van der Waals surface area contributed by atoms with Gasteiger partial charge in [-0.25, -0.2) is 13.4 Å². The van der Waals surface area contributed by atoms with Gasteiger partial charge >= 0.3 is 0 Å². The first kappa shape index (κ1) is 24.1. The first-order chi connectivity index (χ1) is 16.8. The van der Waals surface area contributed by atoms with Crippen molar-refractivity contribution in [3.05, 3.63) is 54.4 Å². The van der Waals surface area contributed by atoms with Crippen molar-refractivity contribution in [2.45, 2.75) is 6.54 Å². The van der Waals surface area contributed by atoms with E-state index in [2.05, 4.69) is 15.3 Å². The van der Waals surface area contributed by atoms with Crippen LogP contribution >= 0.6 is 0 Å². The van der Waals surface area contributed by atoms with Gasteiger partial charge in [0.1, 0.15) is 17.1 Å². The minimum absolute atomic E-state index is 0.322. The Morgan fingerprint density at radius 2 is 1.71 bits per heavy atom. The summed E-state index contributed by atoms with van der Waals surface area (Å²) in [5, 5.41) is 3.31. The molecule has 1 N–H and O–H groups in total. The topological polar surface area (TPSA) is 116 Å². The van der Waals surface area contributed by atoms with Crippen molar-refractivity contribution in [3.63, 3.8) is 0 Å². The highest BCUT2D eigenvalue weighted by atomic mass is 32.2. The van der Waals surface area contributed by atoms with Gasteiger partial charge in [-0.2, -0.15) is 0 Å². The van der Waals surface area contributed by atoms with Crippen molar-refractivity contribution in [3.8, 4) is 28.6 Å². The molecule has 0 unspecified atom stereocenters. The number of nitrogens with one attached hydrogen (secondary N) is 1. The number of rotatable bonds is 9. The fourth-order valence-electron chi connectivity index (χ4n) is 3.64. The standard InChI is InChI=1S/C24H26N4O6S/c1-28(35(5,29)30)24-15(7-6-9-26-24)14-27-17-8-10-25-18-13-19(34-22(17)18)16-11-20(31-2)23(33-4)21(12-16)32-3/h6-13H,14H2,1-5H3,(H,25,27). The van der Waals surface area contributed by atoms with Crippen molar-refractivity contribution in [2.75, 3.05) is 44.3 Å². The highest BCUT2D eigenvalue weighted by Crippen LogP contribution is 2.42. The van der Waals surface area contributed by atoms with Crippen LogP contribution in [-0.2, 0) is 16.6 Å². The number of benzene rings is 1. The van der Waals surface area contributed by atoms with E-state index >= 15 is 0 Å². The van der Waals surface area contributed by atoms with E-state index in [1.54, 1.807) is 58.0 Å². The van der Waals surface area contributed by atoms with Crippen molar-refractivity contribution in [1.82, 2.24) is 9.97 Å². The summed E-state index contributed by atoms with van der Waals surface area (Å²) in [5.74, 6) is 2.42. The molecule has 0 saturated carbocycles. The maximum Gasteiger partial charge on any atom is 0.233 e. The second kappa shape index (κ2) is 9.71. The lowest BCUT2D eigenvalue weighted by Gasteiger charge is -2.19. The molecule has 0 aliphatic rings. The summed E-state index contributed by atoms with van der Waals surface area (Å²) < 4.78 is 47.7. The molecular formula is C24H26N4O6S. The summed E-state index contributed by atoms with van der Waals surface area (Å²) in [4.78, 5) is 8.67. The van der Waals surface area contributed by atoms with Crippen LogP contribution in [0.3, 0.4) is 0 Å². The van der Waals surface area contributed by atoms with E-state index in [0.717, 1.165) is 16.1 Å². The Morgan fingerprint density at radius 3 is 2.34 bits per heavy atom. The molecule has 0 fully saturated rings. The summed E-state index contributed by atoms with van der Waals surface area (Å²) in [6.45, 7) is 0.322. The number of aromatic nitrogens is 2. The van der Waals surface area contributed by atoms with Crippen LogP contribution in [0.4, 0.5) is 11.5 Å². The van der Waals surface area contributed by atoms with Gasteiger partial charge in [0.2, 0.25) is 15.8 Å². The zero-order valence-corrected chi connectivity index (χ0v) is 20.8. The van der Waals surface area contributed by atoms with Gasteiger partial charge in [0, 0.05) is 43.2 Å². The SMILES string of the molecule is COc1cc(-c2cc3nccc(NCc4cccnc4N(C)S(C)(=O)=O)c3o2)cc(OC)c1OC. The monoisotopic (exact) mass is 498 g/mol. The predicted octanol–water partition coefficient (Wildman–Crippen LogP) is 3.92. The van der Waals surface area contributed by atoms with E-state index in [4.69, 9.17) is 18.6 Å². The number of methoxy groups -OCH3 is 3. The van der Waals surface area contributed by atoms with E-state index in [0.29, 0.717) is 57.7 Å². The molecule has 10 nitrogen and oxygen atoms in total. The third kappa shape index (κ3) is 4.80. The Morgan fingerprint density at radius 1 is 1.00 bits per heavy atom. The van der Waals surface area contributed by atoms with Gasteiger partial charge in [-0.05, 0) is 24.3 Å². The fourth-order valence-corrected chi connectivity index (χ4v) is 4.12. The maximum absolute atomic E-state index is 12.0. The van der Waals surface area contributed by atoms with E-state index < -0.39 is 10.0 Å². The molecule has 0 amide bonds. The summed E-state index contributed by atoms with van der Waals surface area (Å²) in [6, 6.07) is 10.8. The minimum Gasteiger partial charge on any atom is -0.493 e. The predicted molar refractivity (Wildman–Crippen MR) is 134 cm³/mol. The smallest absolute Gasteiger partial charge is 0.233 e. The molecule has 3 heterocycles. The number of sulfonamides is 1. The Kier molecular flexibility index (Phi) is 6.70. The third-order valence-electron chi connectivity index (χ3n) is 5.49. The van der Waals surface area contributed by atoms with Crippen LogP contribution in [0, 0.1) is 0 Å². The zero-order valence-electron chi connectivity index (χ0n) is 20.0. The summed E-state index contributed by atoms with van der Waals surface area (Å²) in [7, 11) is 2.67. The Balaban J connectivity index is 1.68. The molecule has 0 aliphatic carbocycles. The molecule has 0 atom stereocenters. The first-order valence-electron chi connectivity index (χ1n) is 10.6. The summed E-state index contributed by atoms with van der Waals surface area (Å²) >= 11 is 0. The van der Waals surface area contributed by atoms with Gasteiger partial charge in [-0.15, -0.1) is 0 Å². The van der Waals surface area contributed by atoms with Crippen LogP contribution in [0.5, 0.6) is 17.2 Å². The highest BCUT2D eigenvalue weighted by molar-refractivity contribution is 7.92. The van der Waals surface area contributed by atoms with Gasteiger partial charge in [-0.1, -0.05) is 6.07 Å². The number of hydrogen-bond donors (Lipinski definition) is 1. The molecule has 0 radical (unpaired) electrons. The lowest BCUT2D eigenvalue weighted by molar-refractivity contribution is 0.324. The van der Waals surface area contributed by atoms with Crippen molar-refractivity contribution in [1.29, 1.82) is 0 Å². The van der Waals surface area contributed by atoms with Crippen LogP contribution in [0.25, 0.3) is 22.4 Å². The number of furan rings is 1. The molecule has 0 spiro atoms. The van der Waals surface area contributed by atoms with Crippen LogP contribution in [0.1, 0.15) is 5.56 Å². The van der Waals surface area contributed by atoms with Crippen molar-refractivity contribution < 1.29 is 27.0 Å². The molecule has 3 aromatic heterocycles. The average Bonchev–Trinajstić information content (AvgIpc) is 3.30. The Bertz CT molecular complexity index is 1440. The Hall–Kier alpha value is -3.99. The molecule has 35 heavy (non-hydrogen) atoms. The molecule has 1 aromatic carbocycles. The second-order valence-electron chi connectivity index (χ2n) is 7.67. The third-order valence-corrected chi connectivity index (χ3v) is 6.66. The number of pyridine rings is 2. The second-order valence-corrected chi connectivity index (χ2v) is 9.68. The van der Waals surface area contributed by atoms with E-state index in [1.165, 1.54) is 7.05 Å². The quantitative estimate of drug-likeness (QED) is 0.366. The summed E-state index contributed by atoms with van der Waals surface area (Å²) in [5.41, 5.74) is 3.34. The molecule has 0 aliphatic heterocycles. The van der Waals surface area contributed by atoms with Crippen LogP contribution < -0.4 is 23.8 Å². The molecule has 4 aromatic rings. The number of fused-ring (bicyclic) bond motifs is 1. The minimum atomic E-state index is -3.45. The largest absolute Gasteiger partial charge is 0.493 e. The number of nitrogens with zero attached hydrogens (tertiary/aromatic N) is 3. The van der Waals surface area contributed by atoms with Gasteiger partial charge in [0.05, 0.1) is 33.3 Å². The molecular weight excluding hydrogens is 472 g/mol. The Labute approximate surface area is 203 Å². The number of anilines is 2. The molecule has 0 saturated heterocycles. The molecule has 184 valence electrons. The van der Waals surface area contributed by atoms with Crippen molar-refractivity contribution in [2.24, 2.45) is 0 Å². The zero-order chi connectivity index (χ0) is 25.2. The van der Waals surface area contributed by atoms with Crippen molar-refractivity contribution >= 4 is 32.6 Å². The van der Waals surface area contributed by atoms with Gasteiger partial charge in [0.25, 0.3) is 0 Å². The van der Waals surface area contributed by atoms with Gasteiger partial charge in [0.15, 0.2) is 17.1 Å². The maximum atomic E-state index is 12.0. The lowest BCUT2D eigenvalue weighted by atomic mass is 10.1. The fraction of sp³-hybridized carbons (Fsp3) is 0.250. The van der Waals surface area contributed by atoms with E-state index in [-0.39, 0.29) is 0 Å². The van der Waals surface area contributed by atoms with Gasteiger partial charge in [-0.3, -0.25) is 9.29 Å². The molecule has 0 bridgehead atoms.